The molecule has 0 atom stereocenters. The molecule has 0 saturated heterocycles. The van der Waals surface area contributed by atoms with E-state index in [1.54, 1.807) is 0 Å². The molecular weight excluding hydrogens is 284 g/mol. The monoisotopic (exact) mass is 300 g/mol. The summed E-state index contributed by atoms with van der Waals surface area (Å²) in [5, 5.41) is 5.87. The lowest BCUT2D eigenvalue weighted by molar-refractivity contribution is -0.125. The molecule has 0 fully saturated rings. The molecule has 0 aliphatic heterocycles. The van der Waals surface area contributed by atoms with Crippen LogP contribution >= 0.6 is 23.4 Å². The third kappa shape index (κ3) is 6.50. The average Bonchev–Trinajstić information content (AvgIpc) is 2.39. The van der Waals surface area contributed by atoms with Gasteiger partial charge in [0.2, 0.25) is 11.8 Å². The van der Waals surface area contributed by atoms with Crippen molar-refractivity contribution in [3.8, 4) is 0 Å². The van der Waals surface area contributed by atoms with Gasteiger partial charge in [-0.2, -0.15) is 0 Å². The number of carbonyl (C=O) groups is 2. The predicted octanol–water partition coefficient (Wildman–Crippen LogP) is 2.07. The molecule has 4 nitrogen and oxygen atoms in total. The first-order valence-electron chi connectivity index (χ1n) is 6.04. The highest BCUT2D eigenvalue weighted by atomic mass is 35.5. The van der Waals surface area contributed by atoms with Crippen LogP contribution < -0.4 is 10.6 Å². The summed E-state index contributed by atoms with van der Waals surface area (Å²) in [6, 6.07) is 7.51. The standard InChI is InChI=1S/C13H17ClN2O2S/c1-2-15-13(18)9-16-12(17)7-8-19-11-6-4-3-5-10(11)14/h3-6H,2,7-9H2,1H3,(H,15,18)(H,16,17). The molecule has 0 spiro atoms. The molecule has 1 aromatic carbocycles. The normalized spacial score (nSPS) is 10.0. The molecule has 1 aromatic rings. The number of rotatable bonds is 7. The first-order valence-corrected chi connectivity index (χ1v) is 7.40. The van der Waals surface area contributed by atoms with Crippen molar-refractivity contribution in [3.63, 3.8) is 0 Å². The highest BCUT2D eigenvalue weighted by Crippen LogP contribution is 2.26. The van der Waals surface area contributed by atoms with Crippen molar-refractivity contribution in [2.24, 2.45) is 0 Å². The minimum absolute atomic E-state index is 0.0312. The van der Waals surface area contributed by atoms with Gasteiger partial charge in [0.25, 0.3) is 0 Å². The van der Waals surface area contributed by atoms with Gasteiger partial charge in [0, 0.05) is 23.6 Å². The molecule has 0 aliphatic rings. The number of hydrogen-bond donors (Lipinski definition) is 2. The van der Waals surface area contributed by atoms with Crippen molar-refractivity contribution < 1.29 is 9.59 Å². The maximum absolute atomic E-state index is 11.5. The lowest BCUT2D eigenvalue weighted by atomic mass is 10.4. The Kier molecular flexibility index (Phi) is 7.36. The van der Waals surface area contributed by atoms with Crippen LogP contribution in [0.1, 0.15) is 13.3 Å². The van der Waals surface area contributed by atoms with E-state index in [4.69, 9.17) is 11.6 Å². The fraction of sp³-hybridized carbons (Fsp3) is 0.385. The second kappa shape index (κ2) is 8.82. The lowest BCUT2D eigenvalue weighted by Gasteiger charge is -2.06. The summed E-state index contributed by atoms with van der Waals surface area (Å²) < 4.78 is 0. The van der Waals surface area contributed by atoms with E-state index in [1.165, 1.54) is 11.8 Å². The summed E-state index contributed by atoms with van der Waals surface area (Å²) in [5.41, 5.74) is 0. The topological polar surface area (TPSA) is 58.2 Å². The SMILES string of the molecule is CCNC(=O)CNC(=O)CCSc1ccccc1Cl. The number of hydrogen-bond acceptors (Lipinski definition) is 3. The second-order valence-electron chi connectivity index (χ2n) is 3.76. The molecule has 0 aromatic heterocycles. The summed E-state index contributed by atoms with van der Waals surface area (Å²) >= 11 is 7.53. The molecule has 19 heavy (non-hydrogen) atoms. The zero-order chi connectivity index (χ0) is 14.1. The third-order valence-corrected chi connectivity index (χ3v) is 3.76. The summed E-state index contributed by atoms with van der Waals surface area (Å²) in [4.78, 5) is 23.6. The smallest absolute Gasteiger partial charge is 0.239 e. The van der Waals surface area contributed by atoms with Crippen LogP contribution in [0.25, 0.3) is 0 Å². The Bertz CT molecular complexity index is 440. The van der Waals surface area contributed by atoms with E-state index in [0.717, 1.165) is 4.90 Å². The Labute approximate surface area is 122 Å². The number of thioether (sulfide) groups is 1. The van der Waals surface area contributed by atoms with Gasteiger partial charge < -0.3 is 10.6 Å². The van der Waals surface area contributed by atoms with Gasteiger partial charge in [0.05, 0.1) is 11.6 Å². The van der Waals surface area contributed by atoms with Crippen molar-refractivity contribution >= 4 is 35.2 Å². The van der Waals surface area contributed by atoms with E-state index in [9.17, 15) is 9.59 Å². The molecule has 1 rings (SSSR count). The van der Waals surface area contributed by atoms with Gasteiger partial charge in [-0.25, -0.2) is 0 Å². The zero-order valence-corrected chi connectivity index (χ0v) is 12.3. The molecule has 0 bridgehead atoms. The van der Waals surface area contributed by atoms with Crippen LogP contribution in [-0.4, -0.2) is 30.7 Å². The molecule has 0 heterocycles. The Hall–Kier alpha value is -1.20. The summed E-state index contributed by atoms with van der Waals surface area (Å²) in [6.07, 6.45) is 0.356. The summed E-state index contributed by atoms with van der Waals surface area (Å²) in [6.45, 7) is 2.43. The minimum atomic E-state index is -0.172. The molecule has 0 unspecified atom stereocenters. The zero-order valence-electron chi connectivity index (χ0n) is 10.7. The largest absolute Gasteiger partial charge is 0.355 e. The highest BCUT2D eigenvalue weighted by molar-refractivity contribution is 7.99. The van der Waals surface area contributed by atoms with E-state index in [2.05, 4.69) is 10.6 Å². The van der Waals surface area contributed by atoms with Crippen molar-refractivity contribution in [1.82, 2.24) is 10.6 Å². The fourth-order valence-electron chi connectivity index (χ4n) is 1.34. The van der Waals surface area contributed by atoms with Crippen LogP contribution in [0.5, 0.6) is 0 Å². The van der Waals surface area contributed by atoms with Gasteiger partial charge >= 0.3 is 0 Å². The van der Waals surface area contributed by atoms with E-state index in [1.807, 2.05) is 31.2 Å². The molecular formula is C13H17ClN2O2S. The highest BCUT2D eigenvalue weighted by Gasteiger charge is 2.05. The summed E-state index contributed by atoms with van der Waals surface area (Å²) in [7, 11) is 0. The van der Waals surface area contributed by atoms with E-state index in [0.29, 0.717) is 23.7 Å². The third-order valence-electron chi connectivity index (χ3n) is 2.24. The van der Waals surface area contributed by atoms with Crippen LogP contribution in [0.4, 0.5) is 0 Å². The van der Waals surface area contributed by atoms with Crippen LogP contribution in [-0.2, 0) is 9.59 Å². The molecule has 2 amide bonds. The number of carbonyl (C=O) groups excluding carboxylic acids is 2. The van der Waals surface area contributed by atoms with Crippen molar-refractivity contribution in [2.45, 2.75) is 18.2 Å². The molecule has 0 radical (unpaired) electrons. The molecule has 0 saturated carbocycles. The van der Waals surface area contributed by atoms with Crippen molar-refractivity contribution in [2.75, 3.05) is 18.8 Å². The molecule has 2 N–H and O–H groups in total. The Balaban J connectivity index is 2.21. The lowest BCUT2D eigenvalue weighted by Crippen LogP contribution is -2.36. The first-order chi connectivity index (χ1) is 9.13. The quantitative estimate of drug-likeness (QED) is 0.758. The number of nitrogens with one attached hydrogen (secondary N) is 2. The maximum Gasteiger partial charge on any atom is 0.239 e. The van der Waals surface area contributed by atoms with E-state index >= 15 is 0 Å². The molecule has 6 heteroatoms. The van der Waals surface area contributed by atoms with Gasteiger partial charge in [0.1, 0.15) is 0 Å². The van der Waals surface area contributed by atoms with Gasteiger partial charge in [-0.1, -0.05) is 23.7 Å². The minimum Gasteiger partial charge on any atom is -0.355 e. The van der Waals surface area contributed by atoms with Crippen molar-refractivity contribution in [3.05, 3.63) is 29.3 Å². The number of benzene rings is 1. The Morgan fingerprint density at radius 1 is 1.21 bits per heavy atom. The number of amides is 2. The van der Waals surface area contributed by atoms with Crippen LogP contribution in [0, 0.1) is 0 Å². The first kappa shape index (κ1) is 15.9. The van der Waals surface area contributed by atoms with Crippen LogP contribution in [0.3, 0.4) is 0 Å². The van der Waals surface area contributed by atoms with Crippen LogP contribution in [0.2, 0.25) is 5.02 Å². The predicted molar refractivity (Wildman–Crippen MR) is 78.5 cm³/mol. The van der Waals surface area contributed by atoms with Gasteiger partial charge in [-0.3, -0.25) is 9.59 Å². The summed E-state index contributed by atoms with van der Waals surface area (Å²) in [5.74, 6) is 0.325. The Morgan fingerprint density at radius 3 is 2.63 bits per heavy atom. The fourth-order valence-corrected chi connectivity index (χ4v) is 2.53. The van der Waals surface area contributed by atoms with Gasteiger partial charge in [0.15, 0.2) is 0 Å². The molecule has 104 valence electrons. The van der Waals surface area contributed by atoms with Crippen LogP contribution in [0.15, 0.2) is 29.2 Å². The second-order valence-corrected chi connectivity index (χ2v) is 5.30. The van der Waals surface area contributed by atoms with Crippen molar-refractivity contribution in [1.29, 1.82) is 0 Å². The van der Waals surface area contributed by atoms with E-state index in [-0.39, 0.29) is 18.4 Å². The maximum atomic E-state index is 11.5. The number of halogens is 1. The number of likely N-dealkylation sites (N-methyl/N-ethyl adjacent to an activating group) is 1. The van der Waals surface area contributed by atoms with Gasteiger partial charge in [-0.15, -0.1) is 11.8 Å². The van der Waals surface area contributed by atoms with Gasteiger partial charge in [-0.05, 0) is 19.1 Å². The van der Waals surface area contributed by atoms with E-state index < -0.39 is 0 Å². The Morgan fingerprint density at radius 2 is 1.95 bits per heavy atom. The average molecular weight is 301 g/mol. The molecule has 0 aliphatic carbocycles.